The first-order valence-corrected chi connectivity index (χ1v) is 5.47. The normalized spacial score (nSPS) is 15.1. The van der Waals surface area contributed by atoms with Crippen molar-refractivity contribution in [1.29, 1.82) is 0 Å². The van der Waals surface area contributed by atoms with Crippen molar-refractivity contribution in [2.75, 3.05) is 0 Å². The number of carbonyl (C=O) groups is 1. The highest BCUT2D eigenvalue weighted by atomic mass is 19.1. The molecule has 1 heterocycles. The van der Waals surface area contributed by atoms with Crippen LogP contribution in [0.4, 0.5) is 4.39 Å². The average Bonchev–Trinajstić information content (AvgIpc) is 3.11. The lowest BCUT2D eigenvalue weighted by atomic mass is 10.1. The predicted molar refractivity (Wildman–Crippen MR) is 60.6 cm³/mol. The Morgan fingerprint density at radius 3 is 2.76 bits per heavy atom. The monoisotopic (exact) mass is 231 g/mol. The molecule has 0 saturated heterocycles. The topological polar surface area (TPSA) is 50.2 Å². The minimum Gasteiger partial charge on any atom is -0.478 e. The third-order valence-electron chi connectivity index (χ3n) is 3.06. The highest BCUT2D eigenvalue weighted by Crippen LogP contribution is 2.42. The molecule has 2 aromatic rings. The van der Waals surface area contributed by atoms with Crippen LogP contribution in [0.1, 0.15) is 34.7 Å². The molecule has 86 valence electrons. The van der Waals surface area contributed by atoms with E-state index in [4.69, 9.17) is 5.11 Å². The maximum Gasteiger partial charge on any atom is 0.337 e. The van der Waals surface area contributed by atoms with Gasteiger partial charge in [0.25, 0.3) is 0 Å². The van der Waals surface area contributed by atoms with E-state index in [0.29, 0.717) is 22.4 Å². The van der Waals surface area contributed by atoms with E-state index in [9.17, 15) is 9.18 Å². The summed E-state index contributed by atoms with van der Waals surface area (Å²) >= 11 is 0. The molecule has 0 unspecified atom stereocenters. The van der Waals surface area contributed by atoms with E-state index < -0.39 is 5.97 Å². The number of pyridine rings is 1. The average molecular weight is 231 g/mol. The number of halogens is 1. The molecule has 0 atom stereocenters. The lowest BCUT2D eigenvalue weighted by molar-refractivity contribution is 0.0696. The number of carboxylic acid groups (broad SMARTS) is 1. The molecule has 1 aliphatic carbocycles. The van der Waals surface area contributed by atoms with Gasteiger partial charge in [-0.1, -0.05) is 0 Å². The van der Waals surface area contributed by atoms with E-state index in [1.165, 1.54) is 18.3 Å². The Hall–Kier alpha value is -1.97. The van der Waals surface area contributed by atoms with Gasteiger partial charge in [0, 0.05) is 11.6 Å². The molecule has 4 heteroatoms. The second kappa shape index (κ2) is 3.52. The van der Waals surface area contributed by atoms with Crippen molar-refractivity contribution < 1.29 is 14.3 Å². The molecule has 17 heavy (non-hydrogen) atoms. The highest BCUT2D eigenvalue weighted by Gasteiger charge is 2.26. The minimum absolute atomic E-state index is 0.0797. The highest BCUT2D eigenvalue weighted by molar-refractivity contribution is 5.92. The Balaban J connectivity index is 2.18. The number of aromatic nitrogens is 1. The van der Waals surface area contributed by atoms with Gasteiger partial charge in [0.05, 0.1) is 11.1 Å². The van der Waals surface area contributed by atoms with Crippen molar-refractivity contribution in [3.05, 3.63) is 41.3 Å². The van der Waals surface area contributed by atoms with E-state index in [2.05, 4.69) is 4.98 Å². The Labute approximate surface area is 96.9 Å². The maximum atomic E-state index is 13.8. The summed E-state index contributed by atoms with van der Waals surface area (Å²) in [7, 11) is 0. The fraction of sp³-hybridized carbons (Fsp3) is 0.231. The summed E-state index contributed by atoms with van der Waals surface area (Å²) in [5.74, 6) is -0.990. The summed E-state index contributed by atoms with van der Waals surface area (Å²) < 4.78 is 13.8. The van der Waals surface area contributed by atoms with E-state index in [0.717, 1.165) is 12.8 Å². The summed E-state index contributed by atoms with van der Waals surface area (Å²) in [5, 5.41) is 9.37. The molecule has 1 aromatic carbocycles. The number of fused-ring (bicyclic) bond motifs is 1. The van der Waals surface area contributed by atoms with Gasteiger partial charge in [-0.2, -0.15) is 0 Å². The van der Waals surface area contributed by atoms with Gasteiger partial charge >= 0.3 is 5.97 Å². The van der Waals surface area contributed by atoms with Crippen molar-refractivity contribution in [2.24, 2.45) is 0 Å². The first kappa shape index (κ1) is 10.2. The standard InChI is InChI=1S/C13H10FNO2/c14-11-4-8-3-9(13(16)17)6-15-12(8)5-10(11)7-1-2-7/h3-7H,1-2H2,(H,16,17). The number of hydrogen-bond acceptors (Lipinski definition) is 2. The third-order valence-corrected chi connectivity index (χ3v) is 3.06. The molecule has 0 aliphatic heterocycles. The smallest absolute Gasteiger partial charge is 0.337 e. The summed E-state index contributed by atoms with van der Waals surface area (Å²) in [4.78, 5) is 14.8. The predicted octanol–water partition coefficient (Wildman–Crippen LogP) is 2.95. The summed E-state index contributed by atoms with van der Waals surface area (Å²) in [6, 6.07) is 4.56. The Bertz CT molecular complexity index is 620. The lowest BCUT2D eigenvalue weighted by Crippen LogP contribution is -1.98. The third kappa shape index (κ3) is 1.75. The summed E-state index contributed by atoms with van der Waals surface area (Å²) in [6.45, 7) is 0. The molecule has 1 aromatic heterocycles. The van der Waals surface area contributed by atoms with Crippen LogP contribution < -0.4 is 0 Å². The molecule has 3 rings (SSSR count). The van der Waals surface area contributed by atoms with Crippen LogP contribution >= 0.6 is 0 Å². The Morgan fingerprint density at radius 2 is 2.12 bits per heavy atom. The van der Waals surface area contributed by atoms with Crippen molar-refractivity contribution in [1.82, 2.24) is 4.98 Å². The van der Waals surface area contributed by atoms with Gasteiger partial charge in [0.1, 0.15) is 5.82 Å². The second-order valence-electron chi connectivity index (χ2n) is 4.37. The van der Waals surface area contributed by atoms with E-state index in [-0.39, 0.29) is 11.4 Å². The maximum absolute atomic E-state index is 13.8. The number of aromatic carboxylic acids is 1. The van der Waals surface area contributed by atoms with Gasteiger partial charge in [0.2, 0.25) is 0 Å². The first-order valence-electron chi connectivity index (χ1n) is 5.47. The second-order valence-corrected chi connectivity index (χ2v) is 4.37. The number of benzene rings is 1. The van der Waals surface area contributed by atoms with E-state index in [1.54, 1.807) is 6.07 Å². The van der Waals surface area contributed by atoms with E-state index in [1.807, 2.05) is 0 Å². The van der Waals surface area contributed by atoms with Crippen LogP contribution in [0, 0.1) is 5.82 Å². The van der Waals surface area contributed by atoms with E-state index >= 15 is 0 Å². The molecule has 0 spiro atoms. The largest absolute Gasteiger partial charge is 0.478 e. The van der Waals surface area contributed by atoms with Crippen LogP contribution in [0.25, 0.3) is 10.9 Å². The van der Waals surface area contributed by atoms with Crippen molar-refractivity contribution in [3.63, 3.8) is 0 Å². The van der Waals surface area contributed by atoms with Crippen molar-refractivity contribution >= 4 is 16.9 Å². The van der Waals surface area contributed by atoms with Gasteiger partial charge in [-0.15, -0.1) is 0 Å². The molecule has 1 N–H and O–H groups in total. The Morgan fingerprint density at radius 1 is 1.35 bits per heavy atom. The number of nitrogens with zero attached hydrogens (tertiary/aromatic N) is 1. The van der Waals surface area contributed by atoms with Crippen LogP contribution in [0.3, 0.4) is 0 Å². The molecule has 1 fully saturated rings. The van der Waals surface area contributed by atoms with Crippen molar-refractivity contribution in [2.45, 2.75) is 18.8 Å². The zero-order valence-corrected chi connectivity index (χ0v) is 8.98. The molecule has 0 radical (unpaired) electrons. The fourth-order valence-corrected chi connectivity index (χ4v) is 1.99. The van der Waals surface area contributed by atoms with Gasteiger partial charge in [-0.3, -0.25) is 4.98 Å². The van der Waals surface area contributed by atoms with Crippen molar-refractivity contribution in [3.8, 4) is 0 Å². The molecule has 0 amide bonds. The molecular formula is C13H10FNO2. The number of hydrogen-bond donors (Lipinski definition) is 1. The van der Waals surface area contributed by atoms with Gasteiger partial charge in [-0.25, -0.2) is 9.18 Å². The first-order chi connectivity index (χ1) is 8.15. The minimum atomic E-state index is -1.05. The van der Waals surface area contributed by atoms with Crippen LogP contribution in [0.5, 0.6) is 0 Å². The van der Waals surface area contributed by atoms with Crippen LogP contribution in [0.15, 0.2) is 24.4 Å². The molecular weight excluding hydrogens is 221 g/mol. The number of rotatable bonds is 2. The van der Waals surface area contributed by atoms with Gasteiger partial charge in [0.15, 0.2) is 0 Å². The van der Waals surface area contributed by atoms with Gasteiger partial charge < -0.3 is 5.11 Å². The van der Waals surface area contributed by atoms with Crippen LogP contribution in [-0.4, -0.2) is 16.1 Å². The Kier molecular flexibility index (Phi) is 2.11. The molecule has 0 bridgehead atoms. The zero-order chi connectivity index (χ0) is 12.0. The summed E-state index contributed by atoms with van der Waals surface area (Å²) in [6.07, 6.45) is 3.35. The SMILES string of the molecule is O=C(O)c1cnc2cc(C3CC3)c(F)cc2c1. The molecule has 1 saturated carbocycles. The molecule has 3 nitrogen and oxygen atoms in total. The fourth-order valence-electron chi connectivity index (χ4n) is 1.99. The number of carboxylic acids is 1. The lowest BCUT2D eigenvalue weighted by Gasteiger charge is -2.04. The van der Waals surface area contributed by atoms with Crippen LogP contribution in [0.2, 0.25) is 0 Å². The molecule has 1 aliphatic rings. The zero-order valence-electron chi connectivity index (χ0n) is 8.98. The van der Waals surface area contributed by atoms with Crippen LogP contribution in [-0.2, 0) is 0 Å². The van der Waals surface area contributed by atoms with Gasteiger partial charge in [-0.05, 0) is 42.5 Å². The quantitative estimate of drug-likeness (QED) is 0.864. The summed E-state index contributed by atoms with van der Waals surface area (Å²) in [5.41, 5.74) is 1.43.